The Morgan fingerprint density at radius 1 is 1.43 bits per heavy atom. The van der Waals surface area contributed by atoms with Crippen molar-refractivity contribution in [2.45, 2.75) is 26.7 Å². The van der Waals surface area contributed by atoms with Crippen LogP contribution in [-0.2, 0) is 14.8 Å². The van der Waals surface area contributed by atoms with Gasteiger partial charge in [-0.15, -0.1) is 0 Å². The maximum atomic E-state index is 11.3. The first-order valence-corrected chi connectivity index (χ1v) is 6.36. The molecule has 14 heavy (non-hydrogen) atoms. The highest BCUT2D eigenvalue weighted by atomic mass is 32.2. The van der Waals surface area contributed by atoms with E-state index in [9.17, 15) is 13.2 Å². The van der Waals surface area contributed by atoms with Crippen LogP contribution in [0.4, 0.5) is 0 Å². The molecule has 0 fully saturated rings. The van der Waals surface area contributed by atoms with E-state index >= 15 is 0 Å². The van der Waals surface area contributed by atoms with E-state index in [-0.39, 0.29) is 12.3 Å². The van der Waals surface area contributed by atoms with Gasteiger partial charge in [-0.2, -0.15) is 0 Å². The standard InChI is InChI=1S/C8H18N2O3S/c1-3-5-14(12,13)10-8(11)7(4-2)6-9/h7H,3-6,9H2,1-2H3,(H,10,11). The fraction of sp³-hybridized carbons (Fsp3) is 0.875. The summed E-state index contributed by atoms with van der Waals surface area (Å²) in [6.07, 6.45) is 1.03. The van der Waals surface area contributed by atoms with Gasteiger partial charge in [0, 0.05) is 6.54 Å². The maximum Gasteiger partial charge on any atom is 0.237 e. The van der Waals surface area contributed by atoms with Crippen LogP contribution in [0.15, 0.2) is 0 Å². The summed E-state index contributed by atoms with van der Waals surface area (Å²) in [6, 6.07) is 0. The van der Waals surface area contributed by atoms with Gasteiger partial charge >= 0.3 is 0 Å². The number of rotatable bonds is 6. The molecule has 0 radical (unpaired) electrons. The Kier molecular flexibility index (Phi) is 5.71. The van der Waals surface area contributed by atoms with Crippen molar-refractivity contribution in [3.05, 3.63) is 0 Å². The fourth-order valence-corrected chi connectivity index (χ4v) is 2.13. The molecule has 0 bridgehead atoms. The quantitative estimate of drug-likeness (QED) is 0.653. The Morgan fingerprint density at radius 3 is 2.36 bits per heavy atom. The second-order valence-corrected chi connectivity index (χ2v) is 4.97. The fourth-order valence-electron chi connectivity index (χ4n) is 1.02. The van der Waals surface area contributed by atoms with Crippen LogP contribution in [0.5, 0.6) is 0 Å². The van der Waals surface area contributed by atoms with Crippen molar-refractivity contribution in [2.24, 2.45) is 11.7 Å². The van der Waals surface area contributed by atoms with Crippen molar-refractivity contribution in [1.29, 1.82) is 0 Å². The lowest BCUT2D eigenvalue weighted by Crippen LogP contribution is -2.39. The minimum atomic E-state index is -3.45. The Hall–Kier alpha value is -0.620. The molecule has 0 heterocycles. The molecule has 3 N–H and O–H groups in total. The molecule has 0 rings (SSSR count). The van der Waals surface area contributed by atoms with Crippen LogP contribution >= 0.6 is 0 Å². The zero-order valence-electron chi connectivity index (χ0n) is 8.62. The van der Waals surface area contributed by atoms with Crippen molar-refractivity contribution in [2.75, 3.05) is 12.3 Å². The SMILES string of the molecule is CCCS(=O)(=O)NC(=O)C(CC)CN. The molecule has 84 valence electrons. The Bertz CT molecular complexity index is 270. The van der Waals surface area contributed by atoms with Gasteiger partial charge in [-0.3, -0.25) is 9.52 Å². The predicted octanol–water partition coefficient (Wildman–Crippen LogP) is -0.173. The molecule has 0 aromatic rings. The molecule has 1 unspecified atom stereocenters. The topological polar surface area (TPSA) is 89.3 Å². The van der Waals surface area contributed by atoms with Crippen molar-refractivity contribution in [1.82, 2.24) is 4.72 Å². The molecule has 0 aliphatic rings. The lowest BCUT2D eigenvalue weighted by atomic mass is 10.1. The van der Waals surface area contributed by atoms with Gasteiger partial charge in [0.2, 0.25) is 15.9 Å². The van der Waals surface area contributed by atoms with E-state index in [1.54, 1.807) is 13.8 Å². The third kappa shape index (κ3) is 4.57. The lowest BCUT2D eigenvalue weighted by Gasteiger charge is -2.12. The molecular weight excluding hydrogens is 204 g/mol. The highest BCUT2D eigenvalue weighted by Gasteiger charge is 2.19. The highest BCUT2D eigenvalue weighted by Crippen LogP contribution is 2.01. The first kappa shape index (κ1) is 13.4. The molecule has 0 aliphatic heterocycles. The number of nitrogens with two attached hydrogens (primary N) is 1. The zero-order chi connectivity index (χ0) is 11.2. The number of carbonyl (C=O) groups is 1. The van der Waals surface area contributed by atoms with E-state index in [1.807, 2.05) is 4.72 Å². The van der Waals surface area contributed by atoms with Crippen molar-refractivity contribution >= 4 is 15.9 Å². The maximum absolute atomic E-state index is 11.3. The highest BCUT2D eigenvalue weighted by molar-refractivity contribution is 7.90. The minimum Gasteiger partial charge on any atom is -0.330 e. The average Bonchev–Trinajstić information content (AvgIpc) is 2.04. The van der Waals surface area contributed by atoms with E-state index in [2.05, 4.69) is 0 Å². The van der Waals surface area contributed by atoms with Crippen molar-refractivity contribution in [3.63, 3.8) is 0 Å². The van der Waals surface area contributed by atoms with Crippen molar-refractivity contribution < 1.29 is 13.2 Å². The van der Waals surface area contributed by atoms with E-state index in [0.29, 0.717) is 12.8 Å². The molecule has 0 saturated carbocycles. The third-order valence-electron chi connectivity index (χ3n) is 1.88. The van der Waals surface area contributed by atoms with Gasteiger partial charge in [-0.1, -0.05) is 13.8 Å². The number of sulfonamides is 1. The molecule has 0 saturated heterocycles. The van der Waals surface area contributed by atoms with Crippen LogP contribution in [-0.4, -0.2) is 26.6 Å². The summed E-state index contributed by atoms with van der Waals surface area (Å²) in [6.45, 7) is 3.71. The van der Waals surface area contributed by atoms with Gasteiger partial charge in [0.25, 0.3) is 0 Å². The third-order valence-corrected chi connectivity index (χ3v) is 3.33. The van der Waals surface area contributed by atoms with Crippen molar-refractivity contribution in [3.8, 4) is 0 Å². The van der Waals surface area contributed by atoms with Gasteiger partial charge in [0.05, 0.1) is 11.7 Å². The summed E-state index contributed by atoms with van der Waals surface area (Å²) in [5.74, 6) is -0.940. The smallest absolute Gasteiger partial charge is 0.237 e. The Labute approximate surface area is 85.1 Å². The summed E-state index contributed by atoms with van der Waals surface area (Å²) in [7, 11) is -3.45. The van der Waals surface area contributed by atoms with Crippen LogP contribution in [0.3, 0.4) is 0 Å². The molecule has 1 atom stereocenters. The van der Waals surface area contributed by atoms with Crippen LogP contribution in [0.1, 0.15) is 26.7 Å². The van der Waals surface area contributed by atoms with Crippen LogP contribution in [0.2, 0.25) is 0 Å². The number of amides is 1. The number of hydrogen-bond acceptors (Lipinski definition) is 4. The number of hydrogen-bond donors (Lipinski definition) is 2. The molecule has 5 nitrogen and oxygen atoms in total. The Balaban J connectivity index is 4.31. The first-order valence-electron chi connectivity index (χ1n) is 4.71. The van der Waals surface area contributed by atoms with Gasteiger partial charge in [0.15, 0.2) is 0 Å². The van der Waals surface area contributed by atoms with E-state index < -0.39 is 21.8 Å². The Morgan fingerprint density at radius 2 is 2.00 bits per heavy atom. The molecule has 0 spiro atoms. The summed E-state index contributed by atoms with van der Waals surface area (Å²) >= 11 is 0. The van der Waals surface area contributed by atoms with Gasteiger partial charge in [-0.05, 0) is 12.8 Å². The number of carbonyl (C=O) groups excluding carboxylic acids is 1. The van der Waals surface area contributed by atoms with Gasteiger partial charge < -0.3 is 5.73 Å². The molecular formula is C8H18N2O3S. The molecule has 1 amide bonds. The first-order chi connectivity index (χ1) is 6.46. The van der Waals surface area contributed by atoms with E-state index in [1.165, 1.54) is 0 Å². The lowest BCUT2D eigenvalue weighted by molar-refractivity contribution is -0.122. The van der Waals surface area contributed by atoms with E-state index in [0.717, 1.165) is 0 Å². The largest absolute Gasteiger partial charge is 0.330 e. The molecule has 6 heteroatoms. The van der Waals surface area contributed by atoms with Crippen LogP contribution < -0.4 is 10.5 Å². The van der Waals surface area contributed by atoms with E-state index in [4.69, 9.17) is 5.73 Å². The summed E-state index contributed by atoms with van der Waals surface area (Å²) in [5, 5.41) is 0. The molecule has 0 aromatic heterocycles. The van der Waals surface area contributed by atoms with Gasteiger partial charge in [0.1, 0.15) is 0 Å². The minimum absolute atomic E-state index is 0.0280. The van der Waals surface area contributed by atoms with Crippen LogP contribution in [0, 0.1) is 5.92 Å². The zero-order valence-corrected chi connectivity index (χ0v) is 9.43. The number of nitrogens with one attached hydrogen (secondary N) is 1. The predicted molar refractivity (Wildman–Crippen MR) is 55.1 cm³/mol. The summed E-state index contributed by atoms with van der Waals surface area (Å²) < 4.78 is 24.4. The van der Waals surface area contributed by atoms with Crippen LogP contribution in [0.25, 0.3) is 0 Å². The second-order valence-electron chi connectivity index (χ2n) is 3.13. The summed E-state index contributed by atoms with van der Waals surface area (Å²) in [5.41, 5.74) is 5.32. The second kappa shape index (κ2) is 5.98. The molecule has 0 aliphatic carbocycles. The van der Waals surface area contributed by atoms with Gasteiger partial charge in [-0.25, -0.2) is 8.42 Å². The summed E-state index contributed by atoms with van der Waals surface area (Å²) in [4.78, 5) is 11.3. The molecule has 0 aromatic carbocycles. The normalized spacial score (nSPS) is 13.6. The average molecular weight is 222 g/mol. The monoisotopic (exact) mass is 222 g/mol.